The molecule has 3 aromatic carbocycles. The van der Waals surface area contributed by atoms with Crippen LogP contribution >= 0.6 is 11.6 Å². The van der Waals surface area contributed by atoms with Crippen molar-refractivity contribution in [2.24, 2.45) is 0 Å². The van der Waals surface area contributed by atoms with Gasteiger partial charge in [0.05, 0.1) is 11.0 Å². The maximum absolute atomic E-state index is 13.2. The van der Waals surface area contributed by atoms with Gasteiger partial charge in [0.2, 0.25) is 11.8 Å². The molecule has 4 aromatic rings. The van der Waals surface area contributed by atoms with E-state index in [0.717, 1.165) is 28.2 Å². The van der Waals surface area contributed by atoms with Gasteiger partial charge in [0.15, 0.2) is 0 Å². The number of nitrogens with zero attached hydrogens (tertiary/aromatic N) is 4. The fourth-order valence-electron chi connectivity index (χ4n) is 4.36. The second-order valence-corrected chi connectivity index (χ2v) is 8.65. The molecule has 0 N–H and O–H groups in total. The average molecular weight is 459 g/mol. The lowest BCUT2D eigenvalue weighted by atomic mass is 10.1. The highest BCUT2D eigenvalue weighted by Crippen LogP contribution is 2.33. The van der Waals surface area contributed by atoms with Crippen LogP contribution in [0.25, 0.3) is 11.0 Å². The van der Waals surface area contributed by atoms with E-state index in [4.69, 9.17) is 16.6 Å². The molecule has 0 bridgehead atoms. The number of benzene rings is 3. The van der Waals surface area contributed by atoms with Crippen molar-refractivity contribution < 1.29 is 9.59 Å². The smallest absolute Gasteiger partial charge is 0.246 e. The van der Waals surface area contributed by atoms with Crippen molar-refractivity contribution in [1.29, 1.82) is 0 Å². The van der Waals surface area contributed by atoms with Gasteiger partial charge in [0, 0.05) is 42.3 Å². The zero-order valence-electron chi connectivity index (χ0n) is 18.2. The average Bonchev–Trinajstić information content (AvgIpc) is 3.40. The third-order valence-corrected chi connectivity index (χ3v) is 6.38. The van der Waals surface area contributed by atoms with E-state index in [0.29, 0.717) is 18.0 Å². The van der Waals surface area contributed by atoms with Crippen molar-refractivity contribution in [3.8, 4) is 0 Å². The summed E-state index contributed by atoms with van der Waals surface area (Å²) >= 11 is 6.01. The van der Waals surface area contributed by atoms with Crippen LogP contribution in [0.5, 0.6) is 0 Å². The molecule has 33 heavy (non-hydrogen) atoms. The van der Waals surface area contributed by atoms with Crippen molar-refractivity contribution in [2.45, 2.75) is 18.9 Å². The molecule has 0 aliphatic carbocycles. The van der Waals surface area contributed by atoms with Crippen LogP contribution in [0.3, 0.4) is 0 Å². The third-order valence-electron chi connectivity index (χ3n) is 6.12. The van der Waals surface area contributed by atoms with Crippen LogP contribution in [-0.4, -0.2) is 35.0 Å². The van der Waals surface area contributed by atoms with Gasteiger partial charge in [-0.2, -0.15) is 0 Å². The number of imidazole rings is 1. The van der Waals surface area contributed by atoms with E-state index in [-0.39, 0.29) is 24.3 Å². The van der Waals surface area contributed by atoms with Crippen molar-refractivity contribution in [3.63, 3.8) is 0 Å². The van der Waals surface area contributed by atoms with Gasteiger partial charge in [0.1, 0.15) is 12.4 Å². The van der Waals surface area contributed by atoms with Gasteiger partial charge in [-0.3, -0.25) is 9.59 Å². The summed E-state index contributed by atoms with van der Waals surface area (Å²) in [5, 5.41) is 0.629. The Bertz CT molecular complexity index is 1320. The minimum atomic E-state index is -0.115. The first-order chi connectivity index (χ1) is 16.0. The van der Waals surface area contributed by atoms with Gasteiger partial charge in [0.25, 0.3) is 0 Å². The zero-order valence-corrected chi connectivity index (χ0v) is 18.9. The first kappa shape index (κ1) is 21.2. The maximum atomic E-state index is 13.2. The SMILES string of the molecule is CN(C(=O)Cn1c(C2CC(=O)N(c3ccc(Cl)cc3)C2)nc2ccccc21)c1ccccc1. The normalized spacial score (nSPS) is 15.9. The topological polar surface area (TPSA) is 58.4 Å². The molecule has 7 heteroatoms. The molecule has 166 valence electrons. The summed E-state index contributed by atoms with van der Waals surface area (Å²) in [6.45, 7) is 0.652. The molecule has 2 amide bonds. The van der Waals surface area contributed by atoms with Gasteiger partial charge in [-0.1, -0.05) is 41.9 Å². The minimum absolute atomic E-state index is 0.0358. The van der Waals surface area contributed by atoms with Crippen LogP contribution in [0.15, 0.2) is 78.9 Å². The third kappa shape index (κ3) is 4.10. The van der Waals surface area contributed by atoms with Gasteiger partial charge in [-0.05, 0) is 48.5 Å². The Morgan fingerprint density at radius 3 is 2.48 bits per heavy atom. The van der Waals surface area contributed by atoms with Crippen LogP contribution in [0, 0.1) is 0 Å². The Hall–Kier alpha value is -3.64. The second kappa shape index (κ2) is 8.71. The van der Waals surface area contributed by atoms with E-state index in [9.17, 15) is 9.59 Å². The highest BCUT2D eigenvalue weighted by atomic mass is 35.5. The number of likely N-dealkylation sites (N-methyl/N-ethyl adjacent to an activating group) is 1. The molecule has 6 nitrogen and oxygen atoms in total. The maximum Gasteiger partial charge on any atom is 0.246 e. The summed E-state index contributed by atoms with van der Waals surface area (Å²) in [6.07, 6.45) is 0.342. The Balaban J connectivity index is 1.46. The van der Waals surface area contributed by atoms with E-state index in [1.165, 1.54) is 0 Å². The number of rotatable bonds is 5. The van der Waals surface area contributed by atoms with Crippen LogP contribution in [0.2, 0.25) is 5.02 Å². The predicted octanol–water partition coefficient (Wildman–Crippen LogP) is 4.87. The van der Waals surface area contributed by atoms with Crippen molar-refractivity contribution in [1.82, 2.24) is 9.55 Å². The summed E-state index contributed by atoms with van der Waals surface area (Å²) in [6, 6.07) is 24.6. The number of hydrogen-bond donors (Lipinski definition) is 0. The molecule has 1 saturated heterocycles. The van der Waals surface area contributed by atoms with E-state index in [1.807, 2.05) is 71.3 Å². The summed E-state index contributed by atoms with van der Waals surface area (Å²) in [7, 11) is 1.78. The van der Waals surface area contributed by atoms with Gasteiger partial charge >= 0.3 is 0 Å². The van der Waals surface area contributed by atoms with Crippen molar-refractivity contribution in [3.05, 3.63) is 89.7 Å². The van der Waals surface area contributed by atoms with Gasteiger partial charge in [-0.25, -0.2) is 4.98 Å². The highest BCUT2D eigenvalue weighted by molar-refractivity contribution is 6.30. The van der Waals surface area contributed by atoms with E-state index >= 15 is 0 Å². The fraction of sp³-hybridized carbons (Fsp3) is 0.192. The van der Waals surface area contributed by atoms with Crippen LogP contribution in [0.1, 0.15) is 18.2 Å². The number of anilines is 2. The quantitative estimate of drug-likeness (QED) is 0.428. The summed E-state index contributed by atoms with van der Waals surface area (Å²) in [5.74, 6) is 0.629. The summed E-state index contributed by atoms with van der Waals surface area (Å²) in [4.78, 5) is 34.3. The largest absolute Gasteiger partial charge is 0.318 e. The van der Waals surface area contributed by atoms with Crippen LogP contribution in [-0.2, 0) is 16.1 Å². The molecule has 1 aromatic heterocycles. The van der Waals surface area contributed by atoms with Gasteiger partial charge < -0.3 is 14.4 Å². The first-order valence-electron chi connectivity index (χ1n) is 10.8. The standard InChI is InChI=1S/C26H23ClN4O2/c1-29(20-7-3-2-4-8-20)25(33)17-31-23-10-6-5-9-22(23)28-26(31)18-15-24(32)30(16-18)21-13-11-19(27)12-14-21/h2-14,18H,15-17H2,1H3. The molecular formula is C26H23ClN4O2. The lowest BCUT2D eigenvalue weighted by Gasteiger charge is -2.20. The molecule has 1 atom stereocenters. The number of para-hydroxylation sites is 3. The lowest BCUT2D eigenvalue weighted by molar-refractivity contribution is -0.119. The first-order valence-corrected chi connectivity index (χ1v) is 11.2. The second-order valence-electron chi connectivity index (χ2n) is 8.21. The Morgan fingerprint density at radius 2 is 1.73 bits per heavy atom. The predicted molar refractivity (Wildman–Crippen MR) is 131 cm³/mol. The molecule has 1 fully saturated rings. The molecule has 0 spiro atoms. The molecule has 1 aliphatic heterocycles. The zero-order chi connectivity index (χ0) is 22.9. The minimum Gasteiger partial charge on any atom is -0.318 e. The number of hydrogen-bond acceptors (Lipinski definition) is 3. The van der Waals surface area contributed by atoms with Gasteiger partial charge in [-0.15, -0.1) is 0 Å². The van der Waals surface area contributed by atoms with Crippen LogP contribution < -0.4 is 9.80 Å². The molecular weight excluding hydrogens is 436 g/mol. The number of halogens is 1. The number of carbonyl (C=O) groups excluding carboxylic acids is 2. The molecule has 0 radical (unpaired) electrons. The summed E-state index contributed by atoms with van der Waals surface area (Å²) in [5.41, 5.74) is 3.35. The fourth-order valence-corrected chi connectivity index (χ4v) is 4.49. The monoisotopic (exact) mass is 458 g/mol. The molecule has 0 saturated carbocycles. The van der Waals surface area contributed by atoms with Crippen LogP contribution in [0.4, 0.5) is 11.4 Å². The molecule has 1 unspecified atom stereocenters. The van der Waals surface area contributed by atoms with E-state index in [1.54, 1.807) is 29.0 Å². The van der Waals surface area contributed by atoms with Crippen molar-refractivity contribution in [2.75, 3.05) is 23.4 Å². The Labute approximate surface area is 197 Å². The Morgan fingerprint density at radius 1 is 1.03 bits per heavy atom. The summed E-state index contributed by atoms with van der Waals surface area (Å²) < 4.78 is 1.96. The lowest BCUT2D eigenvalue weighted by Crippen LogP contribution is -2.31. The Kier molecular flexibility index (Phi) is 5.60. The number of amides is 2. The highest BCUT2D eigenvalue weighted by Gasteiger charge is 2.35. The number of fused-ring (bicyclic) bond motifs is 1. The van der Waals surface area contributed by atoms with E-state index in [2.05, 4.69) is 0 Å². The molecule has 5 rings (SSSR count). The molecule has 2 heterocycles. The van der Waals surface area contributed by atoms with E-state index < -0.39 is 0 Å². The molecule has 1 aliphatic rings. The number of carbonyl (C=O) groups is 2. The number of aromatic nitrogens is 2. The van der Waals surface area contributed by atoms with Crippen molar-refractivity contribution >= 4 is 45.8 Å².